The first kappa shape index (κ1) is 12.2. The zero-order valence-electron chi connectivity index (χ0n) is 9.53. The van der Waals surface area contributed by atoms with Gasteiger partial charge in [0.2, 0.25) is 0 Å². The lowest BCUT2D eigenvalue weighted by molar-refractivity contribution is 0.0523. The fourth-order valence-corrected chi connectivity index (χ4v) is 1.41. The summed E-state index contributed by atoms with van der Waals surface area (Å²) in [6.45, 7) is 4.98. The Hall–Kier alpha value is -1.84. The summed E-state index contributed by atoms with van der Waals surface area (Å²) >= 11 is 0. The topological polar surface area (TPSA) is 63.6 Å². The van der Waals surface area contributed by atoms with E-state index in [2.05, 4.69) is 0 Å². The second kappa shape index (κ2) is 4.79. The third-order valence-electron chi connectivity index (χ3n) is 2.13. The summed E-state index contributed by atoms with van der Waals surface area (Å²) in [5, 5.41) is 9.76. The van der Waals surface area contributed by atoms with Crippen LogP contribution in [0.5, 0.6) is 5.75 Å². The SMILES string of the molecule is CCOC(=O)c1cc(C)cc(C(C)=O)c1O. The van der Waals surface area contributed by atoms with Crippen LogP contribution in [-0.2, 0) is 4.74 Å². The highest BCUT2D eigenvalue weighted by Gasteiger charge is 2.18. The summed E-state index contributed by atoms with van der Waals surface area (Å²) in [4.78, 5) is 22.7. The molecule has 0 spiro atoms. The van der Waals surface area contributed by atoms with Crippen LogP contribution >= 0.6 is 0 Å². The van der Waals surface area contributed by atoms with E-state index < -0.39 is 5.97 Å². The number of hydrogen-bond acceptors (Lipinski definition) is 4. The summed E-state index contributed by atoms with van der Waals surface area (Å²) in [5.41, 5.74) is 0.904. The summed E-state index contributed by atoms with van der Waals surface area (Å²) in [6.07, 6.45) is 0. The monoisotopic (exact) mass is 222 g/mol. The van der Waals surface area contributed by atoms with Crippen LogP contribution in [-0.4, -0.2) is 23.5 Å². The zero-order chi connectivity index (χ0) is 12.3. The second-order valence-electron chi connectivity index (χ2n) is 3.49. The van der Waals surface area contributed by atoms with Gasteiger partial charge in [0.1, 0.15) is 11.3 Å². The summed E-state index contributed by atoms with van der Waals surface area (Å²) < 4.78 is 4.79. The van der Waals surface area contributed by atoms with E-state index in [1.807, 2.05) is 0 Å². The van der Waals surface area contributed by atoms with Crippen molar-refractivity contribution in [3.8, 4) is 5.75 Å². The van der Waals surface area contributed by atoms with E-state index in [-0.39, 0.29) is 29.3 Å². The number of carbonyl (C=O) groups is 2. The van der Waals surface area contributed by atoms with Crippen molar-refractivity contribution in [3.05, 3.63) is 28.8 Å². The number of aromatic hydroxyl groups is 1. The molecule has 0 saturated heterocycles. The van der Waals surface area contributed by atoms with Crippen molar-refractivity contribution in [2.75, 3.05) is 6.61 Å². The van der Waals surface area contributed by atoms with Crippen molar-refractivity contribution in [1.29, 1.82) is 0 Å². The minimum absolute atomic E-state index is 0.0343. The van der Waals surface area contributed by atoms with Crippen molar-refractivity contribution in [2.45, 2.75) is 20.8 Å². The van der Waals surface area contributed by atoms with Gasteiger partial charge in [0.05, 0.1) is 12.2 Å². The molecular formula is C12H14O4. The van der Waals surface area contributed by atoms with Gasteiger partial charge in [-0.2, -0.15) is 0 Å². The van der Waals surface area contributed by atoms with E-state index in [0.29, 0.717) is 0 Å². The van der Waals surface area contributed by atoms with E-state index in [0.717, 1.165) is 5.56 Å². The van der Waals surface area contributed by atoms with Crippen molar-refractivity contribution >= 4 is 11.8 Å². The summed E-state index contributed by atoms with van der Waals surface area (Å²) in [5.74, 6) is -1.21. The molecule has 0 aliphatic heterocycles. The van der Waals surface area contributed by atoms with Gasteiger partial charge in [0.15, 0.2) is 5.78 Å². The lowest BCUT2D eigenvalue weighted by Gasteiger charge is -2.08. The number of hydrogen-bond donors (Lipinski definition) is 1. The molecule has 86 valence electrons. The Balaban J connectivity index is 3.29. The van der Waals surface area contributed by atoms with E-state index >= 15 is 0 Å². The predicted octanol–water partition coefficient (Wildman–Crippen LogP) is 2.08. The van der Waals surface area contributed by atoms with Gasteiger partial charge in [-0.25, -0.2) is 4.79 Å². The van der Waals surface area contributed by atoms with Crippen LogP contribution in [0.15, 0.2) is 12.1 Å². The van der Waals surface area contributed by atoms with Crippen LogP contribution in [0.4, 0.5) is 0 Å². The van der Waals surface area contributed by atoms with Crippen LogP contribution in [0.1, 0.15) is 40.1 Å². The molecular weight excluding hydrogens is 208 g/mol. The third-order valence-corrected chi connectivity index (χ3v) is 2.13. The molecule has 0 aromatic heterocycles. The summed E-state index contributed by atoms with van der Waals surface area (Å²) in [7, 11) is 0. The average Bonchev–Trinajstić information content (AvgIpc) is 2.20. The lowest BCUT2D eigenvalue weighted by atomic mass is 10.0. The molecule has 1 N–H and O–H groups in total. The normalized spacial score (nSPS) is 9.94. The molecule has 0 aliphatic carbocycles. The molecule has 0 amide bonds. The molecule has 0 atom stereocenters. The van der Waals surface area contributed by atoms with Crippen LogP contribution in [0.25, 0.3) is 0 Å². The van der Waals surface area contributed by atoms with Crippen molar-refractivity contribution < 1.29 is 19.4 Å². The Labute approximate surface area is 93.9 Å². The van der Waals surface area contributed by atoms with Crippen molar-refractivity contribution in [3.63, 3.8) is 0 Å². The molecule has 0 aliphatic rings. The lowest BCUT2D eigenvalue weighted by Crippen LogP contribution is -2.07. The first-order valence-corrected chi connectivity index (χ1v) is 4.99. The van der Waals surface area contributed by atoms with Gasteiger partial charge in [0.25, 0.3) is 0 Å². The van der Waals surface area contributed by atoms with Crippen LogP contribution in [0.2, 0.25) is 0 Å². The van der Waals surface area contributed by atoms with Gasteiger partial charge in [-0.3, -0.25) is 4.79 Å². The highest BCUT2D eigenvalue weighted by atomic mass is 16.5. The highest BCUT2D eigenvalue weighted by Crippen LogP contribution is 2.25. The minimum Gasteiger partial charge on any atom is -0.506 e. The largest absolute Gasteiger partial charge is 0.506 e. The number of ketones is 1. The molecule has 0 heterocycles. The molecule has 0 saturated carbocycles. The average molecular weight is 222 g/mol. The highest BCUT2D eigenvalue weighted by molar-refractivity contribution is 6.02. The number of Topliss-reactive ketones (excluding diaryl/α,β-unsaturated/α-hetero) is 1. The van der Waals surface area contributed by atoms with Gasteiger partial charge in [-0.05, 0) is 38.5 Å². The van der Waals surface area contributed by atoms with E-state index in [1.54, 1.807) is 19.9 Å². The van der Waals surface area contributed by atoms with E-state index in [4.69, 9.17) is 4.74 Å². The second-order valence-corrected chi connectivity index (χ2v) is 3.49. The number of benzene rings is 1. The standard InChI is InChI=1S/C12H14O4/c1-4-16-12(15)10-6-7(2)5-9(8(3)13)11(10)14/h5-6,14H,4H2,1-3H3. The van der Waals surface area contributed by atoms with Gasteiger partial charge >= 0.3 is 5.97 Å². The Morgan fingerprint density at radius 3 is 2.38 bits per heavy atom. The first-order chi connectivity index (χ1) is 7.47. The van der Waals surface area contributed by atoms with Gasteiger partial charge in [-0.1, -0.05) is 0 Å². The maximum absolute atomic E-state index is 11.5. The maximum atomic E-state index is 11.5. The Morgan fingerprint density at radius 2 is 1.88 bits per heavy atom. The van der Waals surface area contributed by atoms with Gasteiger partial charge < -0.3 is 9.84 Å². The van der Waals surface area contributed by atoms with E-state index in [9.17, 15) is 14.7 Å². The Morgan fingerprint density at radius 1 is 1.31 bits per heavy atom. The Bertz CT molecular complexity index is 435. The third kappa shape index (κ3) is 2.39. The molecule has 4 heteroatoms. The van der Waals surface area contributed by atoms with Crippen LogP contribution in [0.3, 0.4) is 0 Å². The number of phenols is 1. The fraction of sp³-hybridized carbons (Fsp3) is 0.333. The molecule has 0 unspecified atom stereocenters. The minimum atomic E-state index is -0.619. The van der Waals surface area contributed by atoms with Gasteiger partial charge in [0, 0.05) is 0 Å². The van der Waals surface area contributed by atoms with Crippen molar-refractivity contribution in [1.82, 2.24) is 0 Å². The fourth-order valence-electron chi connectivity index (χ4n) is 1.41. The molecule has 0 bridgehead atoms. The molecule has 1 aromatic carbocycles. The van der Waals surface area contributed by atoms with E-state index in [1.165, 1.54) is 13.0 Å². The smallest absolute Gasteiger partial charge is 0.341 e. The predicted molar refractivity (Wildman–Crippen MR) is 58.8 cm³/mol. The number of rotatable bonds is 3. The number of carbonyl (C=O) groups excluding carboxylic acids is 2. The number of phenolic OH excluding ortho intramolecular Hbond substituents is 1. The summed E-state index contributed by atoms with van der Waals surface area (Å²) in [6, 6.07) is 3.04. The molecule has 1 aromatic rings. The maximum Gasteiger partial charge on any atom is 0.341 e. The van der Waals surface area contributed by atoms with Crippen LogP contribution < -0.4 is 0 Å². The molecule has 16 heavy (non-hydrogen) atoms. The number of esters is 1. The Kier molecular flexibility index (Phi) is 3.66. The molecule has 0 radical (unpaired) electrons. The molecule has 0 fully saturated rings. The van der Waals surface area contributed by atoms with Crippen LogP contribution in [0, 0.1) is 6.92 Å². The van der Waals surface area contributed by atoms with Crippen molar-refractivity contribution in [2.24, 2.45) is 0 Å². The number of aryl methyl sites for hydroxylation is 1. The zero-order valence-corrected chi connectivity index (χ0v) is 9.53. The first-order valence-electron chi connectivity index (χ1n) is 4.99. The van der Waals surface area contributed by atoms with Gasteiger partial charge in [-0.15, -0.1) is 0 Å². The number of ether oxygens (including phenoxy) is 1. The quantitative estimate of drug-likeness (QED) is 0.628. The molecule has 4 nitrogen and oxygen atoms in total. The molecule has 1 rings (SSSR count).